The first kappa shape index (κ1) is 12.6. The van der Waals surface area contributed by atoms with Crippen molar-refractivity contribution >= 4 is 5.97 Å². The van der Waals surface area contributed by atoms with Crippen LogP contribution in [0.3, 0.4) is 0 Å². The van der Waals surface area contributed by atoms with Crippen LogP contribution in [0.2, 0.25) is 0 Å². The van der Waals surface area contributed by atoms with Gasteiger partial charge in [-0.1, -0.05) is 31.2 Å². The van der Waals surface area contributed by atoms with Crippen LogP contribution in [0.25, 0.3) is 0 Å². The maximum absolute atomic E-state index is 10.4. The third-order valence-corrected chi connectivity index (χ3v) is 1.94. The number of carboxylic acids is 1. The lowest BCUT2D eigenvalue weighted by molar-refractivity contribution is -0.146. The van der Waals surface area contributed by atoms with E-state index in [0.29, 0.717) is 5.56 Å². The first-order chi connectivity index (χ1) is 6.15. The van der Waals surface area contributed by atoms with Crippen LogP contribution in [0.15, 0.2) is 24.3 Å². The van der Waals surface area contributed by atoms with Crippen LogP contribution >= 0.6 is 0 Å². The largest absolute Gasteiger partial charge is 0.479 e. The number of carboxylic acid groups (broad SMARTS) is 1. The maximum atomic E-state index is 10.4. The molecule has 0 aliphatic rings. The summed E-state index contributed by atoms with van der Waals surface area (Å²) < 4.78 is 0. The highest BCUT2D eigenvalue weighted by Gasteiger charge is 2.14. The second-order valence-electron chi connectivity index (χ2n) is 2.84. The zero-order valence-electron chi connectivity index (χ0n) is 8.10. The molecule has 0 aliphatic carbocycles. The van der Waals surface area contributed by atoms with Crippen molar-refractivity contribution in [2.24, 2.45) is 0 Å². The summed E-state index contributed by atoms with van der Waals surface area (Å²) in [5, 5.41) is 17.7. The number of aryl methyl sites for hydroxylation is 1. The van der Waals surface area contributed by atoms with Gasteiger partial charge in [0.05, 0.1) is 0 Å². The van der Waals surface area contributed by atoms with Crippen molar-refractivity contribution in [1.82, 2.24) is 6.15 Å². The fraction of sp³-hybridized carbons (Fsp3) is 0.300. The summed E-state index contributed by atoms with van der Waals surface area (Å²) in [6.45, 7) is 2.02. The Bertz CT molecular complexity index is 295. The van der Waals surface area contributed by atoms with E-state index < -0.39 is 12.1 Å². The molecule has 78 valence electrons. The smallest absolute Gasteiger partial charge is 0.337 e. The first-order valence-corrected chi connectivity index (χ1v) is 4.15. The molecule has 0 amide bonds. The number of aliphatic hydroxyl groups is 1. The summed E-state index contributed by atoms with van der Waals surface area (Å²) in [6, 6.07) is 6.91. The fourth-order valence-corrected chi connectivity index (χ4v) is 1.08. The van der Waals surface area contributed by atoms with Crippen molar-refractivity contribution in [3.05, 3.63) is 35.4 Å². The fourth-order valence-electron chi connectivity index (χ4n) is 1.08. The minimum Gasteiger partial charge on any atom is -0.479 e. The van der Waals surface area contributed by atoms with E-state index in [0.717, 1.165) is 12.0 Å². The number of rotatable bonds is 3. The van der Waals surface area contributed by atoms with Gasteiger partial charge < -0.3 is 16.4 Å². The van der Waals surface area contributed by atoms with Crippen LogP contribution in [0, 0.1) is 0 Å². The number of hydrogen-bond acceptors (Lipinski definition) is 3. The highest BCUT2D eigenvalue weighted by atomic mass is 16.4. The van der Waals surface area contributed by atoms with Crippen molar-refractivity contribution in [3.63, 3.8) is 0 Å². The molecule has 1 atom stereocenters. The van der Waals surface area contributed by atoms with Gasteiger partial charge in [0, 0.05) is 0 Å². The van der Waals surface area contributed by atoms with E-state index in [1.165, 1.54) is 0 Å². The molecule has 1 aromatic rings. The molecule has 1 rings (SSSR count). The summed E-state index contributed by atoms with van der Waals surface area (Å²) >= 11 is 0. The molecule has 0 bridgehead atoms. The molecule has 0 spiro atoms. The van der Waals surface area contributed by atoms with E-state index >= 15 is 0 Å². The van der Waals surface area contributed by atoms with E-state index in [2.05, 4.69) is 0 Å². The van der Waals surface area contributed by atoms with E-state index in [4.69, 9.17) is 10.2 Å². The summed E-state index contributed by atoms with van der Waals surface area (Å²) in [7, 11) is 0. The molecule has 1 unspecified atom stereocenters. The van der Waals surface area contributed by atoms with Crippen molar-refractivity contribution in [3.8, 4) is 0 Å². The van der Waals surface area contributed by atoms with E-state index in [9.17, 15) is 4.79 Å². The predicted octanol–water partition coefficient (Wildman–Crippen LogP) is 1.53. The zero-order valence-corrected chi connectivity index (χ0v) is 8.10. The van der Waals surface area contributed by atoms with Gasteiger partial charge in [0.15, 0.2) is 6.10 Å². The van der Waals surface area contributed by atoms with Crippen molar-refractivity contribution in [1.29, 1.82) is 0 Å². The Morgan fingerprint density at radius 2 is 1.86 bits per heavy atom. The Balaban J connectivity index is 0.00000169. The molecule has 0 heterocycles. The van der Waals surface area contributed by atoms with Crippen LogP contribution in [0.5, 0.6) is 0 Å². The quantitative estimate of drug-likeness (QED) is 0.685. The first-order valence-electron chi connectivity index (χ1n) is 4.15. The number of aliphatic carboxylic acids is 1. The van der Waals surface area contributed by atoms with Crippen LogP contribution in [0.1, 0.15) is 24.2 Å². The highest BCUT2D eigenvalue weighted by Crippen LogP contribution is 2.13. The van der Waals surface area contributed by atoms with Gasteiger partial charge in [-0.05, 0) is 17.5 Å². The third-order valence-electron chi connectivity index (χ3n) is 1.94. The van der Waals surface area contributed by atoms with Gasteiger partial charge in [-0.15, -0.1) is 0 Å². The standard InChI is InChI=1S/C10H12O3.H3N/c1-2-7-3-5-8(6-4-7)9(11)10(12)13;/h3-6,9,11H,2H2,1H3,(H,12,13);1H3. The molecular formula is C10H15NO3. The van der Waals surface area contributed by atoms with E-state index in [-0.39, 0.29) is 6.15 Å². The predicted molar refractivity (Wildman–Crippen MR) is 53.4 cm³/mol. The molecule has 0 radical (unpaired) electrons. The number of benzene rings is 1. The van der Waals surface area contributed by atoms with Gasteiger partial charge >= 0.3 is 5.97 Å². The van der Waals surface area contributed by atoms with Gasteiger partial charge in [0.1, 0.15) is 0 Å². The molecule has 5 N–H and O–H groups in total. The normalized spacial score (nSPS) is 11.6. The maximum Gasteiger partial charge on any atom is 0.337 e. The lowest BCUT2D eigenvalue weighted by Crippen LogP contribution is -2.10. The van der Waals surface area contributed by atoms with Gasteiger partial charge in [0.25, 0.3) is 0 Å². The van der Waals surface area contributed by atoms with Crippen LogP contribution in [-0.4, -0.2) is 16.2 Å². The summed E-state index contributed by atoms with van der Waals surface area (Å²) in [5.74, 6) is -1.22. The van der Waals surface area contributed by atoms with Gasteiger partial charge in [-0.2, -0.15) is 0 Å². The van der Waals surface area contributed by atoms with Crippen molar-refractivity contribution in [2.75, 3.05) is 0 Å². The highest BCUT2D eigenvalue weighted by molar-refractivity contribution is 5.73. The van der Waals surface area contributed by atoms with Gasteiger partial charge in [-0.25, -0.2) is 4.79 Å². The Morgan fingerprint density at radius 1 is 1.36 bits per heavy atom. The summed E-state index contributed by atoms with van der Waals surface area (Å²) in [6.07, 6.45) is -0.505. The number of carbonyl (C=O) groups is 1. The molecule has 0 aliphatic heterocycles. The van der Waals surface area contributed by atoms with Crippen LogP contribution in [-0.2, 0) is 11.2 Å². The topological polar surface area (TPSA) is 92.5 Å². The molecule has 0 fully saturated rings. The Morgan fingerprint density at radius 3 is 2.21 bits per heavy atom. The molecule has 1 aromatic carbocycles. The molecule has 4 heteroatoms. The second kappa shape index (κ2) is 5.36. The summed E-state index contributed by atoms with van der Waals surface area (Å²) in [4.78, 5) is 10.4. The average Bonchev–Trinajstić information content (AvgIpc) is 2.17. The molecular weight excluding hydrogens is 182 g/mol. The second-order valence-corrected chi connectivity index (χ2v) is 2.84. The monoisotopic (exact) mass is 197 g/mol. The van der Waals surface area contributed by atoms with E-state index in [1.54, 1.807) is 12.1 Å². The minimum atomic E-state index is -1.41. The zero-order chi connectivity index (χ0) is 9.84. The molecule has 0 saturated carbocycles. The average molecular weight is 197 g/mol. The molecule has 4 nitrogen and oxygen atoms in total. The third kappa shape index (κ3) is 2.83. The molecule has 0 saturated heterocycles. The molecule has 14 heavy (non-hydrogen) atoms. The SMILES string of the molecule is CCc1ccc(C(O)C(=O)O)cc1.N. The lowest BCUT2D eigenvalue weighted by atomic mass is 10.1. The summed E-state index contributed by atoms with van der Waals surface area (Å²) in [5.41, 5.74) is 1.55. The van der Waals surface area contributed by atoms with Crippen LogP contribution < -0.4 is 6.15 Å². The molecule has 0 aromatic heterocycles. The minimum absolute atomic E-state index is 0. The Hall–Kier alpha value is -1.39. The van der Waals surface area contributed by atoms with Crippen LogP contribution in [0.4, 0.5) is 0 Å². The van der Waals surface area contributed by atoms with Crippen molar-refractivity contribution in [2.45, 2.75) is 19.4 Å². The van der Waals surface area contributed by atoms with Crippen molar-refractivity contribution < 1.29 is 15.0 Å². The van der Waals surface area contributed by atoms with Gasteiger partial charge in [0.2, 0.25) is 0 Å². The Kier molecular flexibility index (Phi) is 4.83. The lowest BCUT2D eigenvalue weighted by Gasteiger charge is -2.05. The van der Waals surface area contributed by atoms with E-state index in [1.807, 2.05) is 19.1 Å². The Labute approximate surface area is 82.8 Å². The number of aliphatic hydroxyl groups excluding tert-OH is 1. The number of hydrogen-bond donors (Lipinski definition) is 3. The van der Waals surface area contributed by atoms with Gasteiger partial charge in [-0.3, -0.25) is 0 Å².